The lowest BCUT2D eigenvalue weighted by molar-refractivity contribution is -0.116. The van der Waals surface area contributed by atoms with Gasteiger partial charge < -0.3 is 15.2 Å². The van der Waals surface area contributed by atoms with E-state index in [9.17, 15) is 4.79 Å². The van der Waals surface area contributed by atoms with E-state index in [2.05, 4.69) is 33.8 Å². The Labute approximate surface area is 135 Å². The van der Waals surface area contributed by atoms with E-state index >= 15 is 0 Å². The average Bonchev–Trinajstić information content (AvgIpc) is 3.02. The van der Waals surface area contributed by atoms with E-state index in [0.717, 1.165) is 48.4 Å². The number of nitrogens with one attached hydrogen (secondary N) is 2. The first-order chi connectivity index (χ1) is 11.2. The number of anilines is 2. The maximum Gasteiger partial charge on any atom is 0.248 e. The molecule has 0 radical (unpaired) electrons. The van der Waals surface area contributed by atoms with Crippen molar-refractivity contribution in [1.82, 2.24) is 10.1 Å². The highest BCUT2D eigenvalue weighted by Gasteiger charge is 2.17. The minimum Gasteiger partial charge on any atom is -0.374 e. The first-order valence-electron chi connectivity index (χ1n) is 8.17. The zero-order chi connectivity index (χ0) is 16.2. The topological polar surface area (TPSA) is 80.0 Å². The predicted molar refractivity (Wildman–Crippen MR) is 88.3 cm³/mol. The molecule has 0 unspecified atom stereocenters. The highest BCUT2D eigenvalue weighted by atomic mass is 16.5. The van der Waals surface area contributed by atoms with Crippen LogP contribution < -0.4 is 10.6 Å². The van der Waals surface area contributed by atoms with Gasteiger partial charge in [0.15, 0.2) is 5.82 Å². The molecule has 1 aromatic carbocycles. The van der Waals surface area contributed by atoms with Crippen LogP contribution in [-0.4, -0.2) is 16.0 Å². The number of unbranched alkanes of at least 4 members (excludes halogenated alkanes) is 1. The van der Waals surface area contributed by atoms with Gasteiger partial charge in [-0.15, -0.1) is 0 Å². The number of rotatable bonds is 6. The molecule has 6 heteroatoms. The number of aryl methyl sites for hydroxylation is 2. The molecule has 0 saturated carbocycles. The van der Waals surface area contributed by atoms with Crippen molar-refractivity contribution in [3.8, 4) is 0 Å². The maximum atomic E-state index is 11.4. The Morgan fingerprint density at radius 1 is 1.39 bits per heavy atom. The molecule has 0 fully saturated rings. The van der Waals surface area contributed by atoms with E-state index in [4.69, 9.17) is 4.52 Å². The minimum absolute atomic E-state index is 0.0610. The van der Waals surface area contributed by atoms with Crippen molar-refractivity contribution >= 4 is 17.3 Å². The van der Waals surface area contributed by atoms with Gasteiger partial charge >= 0.3 is 0 Å². The summed E-state index contributed by atoms with van der Waals surface area (Å²) < 4.78 is 5.34. The van der Waals surface area contributed by atoms with E-state index in [0.29, 0.717) is 12.3 Å². The molecule has 1 aliphatic heterocycles. The van der Waals surface area contributed by atoms with Gasteiger partial charge in [0.2, 0.25) is 11.8 Å². The molecule has 0 spiro atoms. The minimum atomic E-state index is -0.0610. The van der Waals surface area contributed by atoms with Gasteiger partial charge in [0.05, 0.1) is 0 Å². The summed E-state index contributed by atoms with van der Waals surface area (Å²) in [6, 6.07) is 5.89. The number of hydrogen-bond acceptors (Lipinski definition) is 5. The molecule has 2 heterocycles. The number of carbonyl (C=O) groups excluding carboxylic acids is 1. The standard InChI is InChI=1S/C17H22N4O2/c1-3-4-5-15-20-17(23-21-15)11(2)18-13-7-8-14-12(10-13)6-9-16(22)19-14/h7-8,10-11,18H,3-6,9H2,1-2H3,(H,19,22)/t11-/m1/s1. The summed E-state index contributed by atoms with van der Waals surface area (Å²) in [5, 5.41) is 10.3. The largest absolute Gasteiger partial charge is 0.374 e. The SMILES string of the molecule is CCCCc1noc([C@@H](C)Nc2ccc3c(c2)CCC(=O)N3)n1. The van der Waals surface area contributed by atoms with Crippen LogP contribution in [0.5, 0.6) is 0 Å². The number of amides is 1. The molecule has 2 N–H and O–H groups in total. The Morgan fingerprint density at radius 3 is 3.09 bits per heavy atom. The summed E-state index contributed by atoms with van der Waals surface area (Å²) in [5.74, 6) is 1.45. The highest BCUT2D eigenvalue weighted by molar-refractivity contribution is 5.94. The third-order valence-corrected chi connectivity index (χ3v) is 3.99. The van der Waals surface area contributed by atoms with E-state index in [1.165, 1.54) is 0 Å². The predicted octanol–water partition coefficient (Wildman–Crippen LogP) is 3.47. The van der Waals surface area contributed by atoms with Gasteiger partial charge in [0, 0.05) is 24.2 Å². The second-order valence-corrected chi connectivity index (χ2v) is 5.94. The highest BCUT2D eigenvalue weighted by Crippen LogP contribution is 2.27. The van der Waals surface area contributed by atoms with Crippen LogP contribution in [0.1, 0.15) is 56.4 Å². The number of nitrogens with zero attached hydrogens (tertiary/aromatic N) is 2. The molecule has 1 aliphatic rings. The van der Waals surface area contributed by atoms with Crippen LogP contribution >= 0.6 is 0 Å². The van der Waals surface area contributed by atoms with Crippen molar-refractivity contribution in [1.29, 1.82) is 0 Å². The Bertz CT molecular complexity index is 696. The molecule has 2 aromatic rings. The first kappa shape index (κ1) is 15.5. The van der Waals surface area contributed by atoms with Gasteiger partial charge in [-0.2, -0.15) is 4.98 Å². The van der Waals surface area contributed by atoms with Crippen LogP contribution in [0.15, 0.2) is 22.7 Å². The van der Waals surface area contributed by atoms with E-state index in [1.807, 2.05) is 19.1 Å². The van der Waals surface area contributed by atoms with Crippen molar-refractivity contribution < 1.29 is 9.32 Å². The van der Waals surface area contributed by atoms with Crippen molar-refractivity contribution in [2.24, 2.45) is 0 Å². The summed E-state index contributed by atoms with van der Waals surface area (Å²) in [5.41, 5.74) is 3.04. The Kier molecular flexibility index (Phi) is 4.60. The van der Waals surface area contributed by atoms with Crippen LogP contribution in [0.25, 0.3) is 0 Å². The summed E-state index contributed by atoms with van der Waals surface area (Å²) in [4.78, 5) is 15.8. The monoisotopic (exact) mass is 314 g/mol. The van der Waals surface area contributed by atoms with Crippen molar-refractivity contribution in [2.45, 2.75) is 52.0 Å². The summed E-state index contributed by atoms with van der Waals surface area (Å²) in [6.45, 7) is 4.14. The zero-order valence-electron chi connectivity index (χ0n) is 13.6. The van der Waals surface area contributed by atoms with Gasteiger partial charge in [-0.3, -0.25) is 4.79 Å². The molecular formula is C17H22N4O2. The molecule has 1 atom stereocenters. The molecule has 1 amide bonds. The number of aromatic nitrogens is 2. The molecule has 6 nitrogen and oxygen atoms in total. The number of carbonyl (C=O) groups is 1. The number of fused-ring (bicyclic) bond motifs is 1. The molecule has 1 aromatic heterocycles. The van der Waals surface area contributed by atoms with Crippen LogP contribution in [0, 0.1) is 0 Å². The fourth-order valence-electron chi connectivity index (χ4n) is 2.66. The van der Waals surface area contributed by atoms with Crippen LogP contribution in [0.4, 0.5) is 11.4 Å². The van der Waals surface area contributed by atoms with Gasteiger partial charge in [-0.1, -0.05) is 18.5 Å². The fourth-order valence-corrected chi connectivity index (χ4v) is 2.66. The van der Waals surface area contributed by atoms with Crippen LogP contribution in [0.2, 0.25) is 0 Å². The lowest BCUT2D eigenvalue weighted by atomic mass is 10.0. The first-order valence-corrected chi connectivity index (χ1v) is 8.17. The molecule has 3 rings (SSSR count). The van der Waals surface area contributed by atoms with E-state index in [-0.39, 0.29) is 11.9 Å². The average molecular weight is 314 g/mol. The Morgan fingerprint density at radius 2 is 2.26 bits per heavy atom. The van der Waals surface area contributed by atoms with E-state index < -0.39 is 0 Å². The molecule has 23 heavy (non-hydrogen) atoms. The van der Waals surface area contributed by atoms with Crippen molar-refractivity contribution in [2.75, 3.05) is 10.6 Å². The Hall–Kier alpha value is -2.37. The van der Waals surface area contributed by atoms with Crippen LogP contribution in [0.3, 0.4) is 0 Å². The number of hydrogen-bond donors (Lipinski definition) is 2. The zero-order valence-corrected chi connectivity index (χ0v) is 13.6. The lowest BCUT2D eigenvalue weighted by Gasteiger charge is -2.19. The van der Waals surface area contributed by atoms with Crippen LogP contribution in [-0.2, 0) is 17.6 Å². The third kappa shape index (κ3) is 3.70. The molecule has 0 saturated heterocycles. The van der Waals surface area contributed by atoms with Gasteiger partial charge in [0.25, 0.3) is 0 Å². The second-order valence-electron chi connectivity index (χ2n) is 5.94. The van der Waals surface area contributed by atoms with E-state index in [1.54, 1.807) is 0 Å². The summed E-state index contributed by atoms with van der Waals surface area (Å²) in [6.07, 6.45) is 4.34. The molecule has 0 aliphatic carbocycles. The summed E-state index contributed by atoms with van der Waals surface area (Å²) in [7, 11) is 0. The second kappa shape index (κ2) is 6.81. The maximum absolute atomic E-state index is 11.4. The molecule has 122 valence electrons. The molecule has 0 bridgehead atoms. The molecular weight excluding hydrogens is 292 g/mol. The van der Waals surface area contributed by atoms with Gasteiger partial charge in [0.1, 0.15) is 6.04 Å². The van der Waals surface area contributed by atoms with Crippen molar-refractivity contribution in [3.05, 3.63) is 35.5 Å². The normalized spacial score (nSPS) is 15.0. The Balaban J connectivity index is 1.66. The van der Waals surface area contributed by atoms with Crippen molar-refractivity contribution in [3.63, 3.8) is 0 Å². The lowest BCUT2D eigenvalue weighted by Crippen LogP contribution is -2.19. The smallest absolute Gasteiger partial charge is 0.248 e. The quantitative estimate of drug-likeness (QED) is 0.853. The van der Waals surface area contributed by atoms with Gasteiger partial charge in [-0.05, 0) is 43.5 Å². The fraction of sp³-hybridized carbons (Fsp3) is 0.471. The van der Waals surface area contributed by atoms with Gasteiger partial charge in [-0.25, -0.2) is 0 Å². The number of benzene rings is 1. The third-order valence-electron chi connectivity index (χ3n) is 3.99. The summed E-state index contributed by atoms with van der Waals surface area (Å²) >= 11 is 0.